The van der Waals surface area contributed by atoms with E-state index in [2.05, 4.69) is 179 Å². The van der Waals surface area contributed by atoms with Gasteiger partial charge in [-0.3, -0.25) is 43.7 Å². The van der Waals surface area contributed by atoms with E-state index in [0.29, 0.717) is 75.2 Å². The average Bonchev–Trinajstić information content (AvgIpc) is 1.57. The molecule has 3 N–H and O–H groups in total. The molecule has 0 saturated carbocycles. The highest BCUT2D eigenvalue weighted by Crippen LogP contribution is 2.50. The number of hydrogen-bond donors (Lipinski definition) is 3. The summed E-state index contributed by atoms with van der Waals surface area (Å²) in [5.41, 5.74) is 15.0. The van der Waals surface area contributed by atoms with E-state index in [9.17, 15) is 19.2 Å². The van der Waals surface area contributed by atoms with E-state index in [4.69, 9.17) is 90.4 Å². The molecule has 8 aliphatic rings. The van der Waals surface area contributed by atoms with E-state index in [1.165, 1.54) is 0 Å². The first-order valence-electron chi connectivity index (χ1n) is 43.5. The number of piperazine rings is 1. The number of benzene rings is 9. The van der Waals surface area contributed by atoms with Crippen molar-refractivity contribution >= 4 is 208 Å². The number of ether oxygens (including phenoxy) is 4. The Morgan fingerprint density at radius 3 is 1.05 bits per heavy atom. The van der Waals surface area contributed by atoms with E-state index >= 15 is 0 Å². The van der Waals surface area contributed by atoms with Crippen LogP contribution in [-0.4, -0.2) is 211 Å². The summed E-state index contributed by atoms with van der Waals surface area (Å²) >= 11 is 47.4. The summed E-state index contributed by atoms with van der Waals surface area (Å²) < 4.78 is 26.7. The van der Waals surface area contributed by atoms with Gasteiger partial charge in [0.15, 0.2) is 15.3 Å². The van der Waals surface area contributed by atoms with Crippen LogP contribution < -0.4 is 28.9 Å². The quantitative estimate of drug-likeness (QED) is 0.0405. The van der Waals surface area contributed by atoms with E-state index < -0.39 is 18.1 Å². The number of nitrogens with zero attached hydrogens (tertiary/aromatic N) is 10. The highest BCUT2D eigenvalue weighted by molar-refractivity contribution is 9.11. The van der Waals surface area contributed by atoms with Gasteiger partial charge in [-0.25, -0.2) is 0 Å². The van der Waals surface area contributed by atoms with Crippen molar-refractivity contribution < 1.29 is 38.1 Å². The molecule has 0 bridgehead atoms. The van der Waals surface area contributed by atoms with Crippen molar-refractivity contribution in [3.63, 3.8) is 0 Å². The van der Waals surface area contributed by atoms with Crippen molar-refractivity contribution in [2.75, 3.05) is 120 Å². The molecule has 8 aliphatic heterocycles. The maximum atomic E-state index is 14.0. The summed E-state index contributed by atoms with van der Waals surface area (Å²) in [5, 5.41) is 6.65. The smallest absolute Gasteiger partial charge is 0.256 e. The first-order valence-corrected chi connectivity index (χ1v) is 48.2. The number of carbonyl (C=O) groups excluding carboxylic acids is 4. The Bertz CT molecular complexity index is 6180. The number of morpholine rings is 1. The zero-order chi connectivity index (χ0) is 88.7. The normalized spacial score (nSPS) is 19.8. The fraction of sp³-hybridized carbons (Fsp3) is 0.316. The lowest BCUT2D eigenvalue weighted by Gasteiger charge is -2.37. The maximum Gasteiger partial charge on any atom is 0.256 e. The van der Waals surface area contributed by atoms with Crippen LogP contribution in [0.1, 0.15) is 109 Å². The van der Waals surface area contributed by atoms with Crippen LogP contribution in [0.25, 0.3) is 32.7 Å². The van der Waals surface area contributed by atoms with Crippen LogP contribution in [0.15, 0.2) is 214 Å². The number of hydrogen-bond acceptors (Lipinski definition) is 14. The van der Waals surface area contributed by atoms with Crippen LogP contribution >= 0.6 is 119 Å². The summed E-state index contributed by atoms with van der Waals surface area (Å²) in [4.78, 5) is 84.9. The summed E-state index contributed by atoms with van der Waals surface area (Å²) in [5.74, 6) is 2.53. The molecule has 6 atom stereocenters. The second-order valence-corrected chi connectivity index (χ2v) is 38.3. The molecule has 20 rings (SSSR count). The molecule has 9 aromatic carbocycles. The van der Waals surface area contributed by atoms with Gasteiger partial charge in [0.1, 0.15) is 35.4 Å². The first kappa shape index (κ1) is 89.3. The topological polar surface area (TPSA) is 185 Å². The SMILES string of the molecule is CC(=O)N1CCN(CCCOc2ccc(C3c4[nH]c5ccc(Br)cc5c4CC4C(=O)N(c5ccc(Cl)cc5)C(=S)N43)cc2)CC1.CCN(CC)CCCOc1ccc(C2c3[nH]c4ccc(Br)cc4c3CC3C(=O)N(c4ccc(Cl)cc4)C(=S)N32)cc1.O=C1C2Cc3c([nH]c4ccc(Br)cc34)C(c3ccc(OCCCN4CCOCC4)cc3)N2C(=S)N1c1ccc(Cl)cc1. The molecule has 6 unspecified atom stereocenters. The molecule has 11 heterocycles. The molecule has 12 aromatic rings. The van der Waals surface area contributed by atoms with Gasteiger partial charge < -0.3 is 58.4 Å². The number of thiocarbonyl (C=S) groups is 3. The van der Waals surface area contributed by atoms with Gasteiger partial charge in [-0.05, 0) is 266 Å². The number of H-pyrrole nitrogens is 3. The zero-order valence-electron chi connectivity index (χ0n) is 70.8. The summed E-state index contributed by atoms with van der Waals surface area (Å²) in [6.45, 7) is 20.0. The predicted octanol–water partition coefficient (Wildman–Crippen LogP) is 19.8. The Balaban J connectivity index is 0.000000130. The summed E-state index contributed by atoms with van der Waals surface area (Å²) in [6.07, 6.45) is 4.53. The van der Waals surface area contributed by atoms with Crippen LogP contribution in [0, 0.1) is 0 Å². The highest BCUT2D eigenvalue weighted by Gasteiger charge is 2.55. The number of amides is 4. The van der Waals surface area contributed by atoms with E-state index in [1.807, 2.05) is 95.9 Å². The molecular formula is C98H95Br3Cl3N13O8S3. The fourth-order valence-electron chi connectivity index (χ4n) is 19.1. The molecule has 21 nitrogen and oxygen atoms in total. The van der Waals surface area contributed by atoms with Crippen LogP contribution in [0.2, 0.25) is 15.1 Å². The minimum Gasteiger partial charge on any atom is -0.494 e. The average molecular weight is 2030 g/mol. The van der Waals surface area contributed by atoms with Crippen molar-refractivity contribution in [2.45, 2.75) is 95.5 Å². The van der Waals surface area contributed by atoms with E-state index in [0.717, 1.165) is 230 Å². The first-order chi connectivity index (χ1) is 62.1. The van der Waals surface area contributed by atoms with Crippen molar-refractivity contribution in [1.82, 2.24) is 49.3 Å². The Morgan fingerprint density at radius 1 is 0.430 bits per heavy atom. The second kappa shape index (κ2) is 39.0. The molecule has 4 amide bonds. The predicted molar refractivity (Wildman–Crippen MR) is 530 cm³/mol. The van der Waals surface area contributed by atoms with Crippen LogP contribution in [0.3, 0.4) is 0 Å². The van der Waals surface area contributed by atoms with Gasteiger partial charge >= 0.3 is 0 Å². The number of nitrogens with one attached hydrogen (secondary N) is 3. The molecule has 660 valence electrons. The number of anilines is 3. The van der Waals surface area contributed by atoms with Crippen LogP contribution in [0.4, 0.5) is 17.1 Å². The number of halogens is 6. The summed E-state index contributed by atoms with van der Waals surface area (Å²) in [6, 6.07) is 63.0. The van der Waals surface area contributed by atoms with Crippen molar-refractivity contribution in [2.24, 2.45) is 0 Å². The highest BCUT2D eigenvalue weighted by atomic mass is 79.9. The minimum absolute atomic E-state index is 0.0227. The van der Waals surface area contributed by atoms with Gasteiger partial charge in [0.25, 0.3) is 17.7 Å². The van der Waals surface area contributed by atoms with Gasteiger partial charge in [0, 0.05) is 163 Å². The Labute approximate surface area is 800 Å². The molecule has 5 fully saturated rings. The number of aromatic amines is 3. The number of fused-ring (bicyclic) bond motifs is 12. The lowest BCUT2D eigenvalue weighted by Crippen LogP contribution is -2.48. The third-order valence-electron chi connectivity index (χ3n) is 25.6. The number of aromatic nitrogens is 3. The number of carbonyl (C=O) groups is 4. The lowest BCUT2D eigenvalue weighted by atomic mass is 9.89. The monoisotopic (exact) mass is 2020 g/mol. The zero-order valence-corrected chi connectivity index (χ0v) is 80.3. The molecular weight excluding hydrogens is 1930 g/mol. The summed E-state index contributed by atoms with van der Waals surface area (Å²) in [7, 11) is 0. The molecule has 0 radical (unpaired) electrons. The van der Waals surface area contributed by atoms with Crippen LogP contribution in [0.5, 0.6) is 17.2 Å². The molecule has 3 aromatic heterocycles. The third-order valence-corrected chi connectivity index (χ3v) is 29.0. The van der Waals surface area contributed by atoms with Crippen molar-refractivity contribution in [1.29, 1.82) is 0 Å². The standard InChI is InChI=1S/C34H33BrClN5O3S.C32H30BrClN4O3S.C32H32BrClN4O2S/c1-21(42)39-16-14-38(15-17-39)13-2-18-44-26-10-3-22(4-11-26)32-31-28(27-19-23(35)5-12-29(27)37-31)20-30-33(43)40(34(45)41(30)32)25-8-6-24(36)7-9-25;33-21-4-11-27-25(18-21)26-19-28-31(39)37(23-7-5-22(34)6-8-23)32(42)38(28)30(29(26)35-27)20-2-9-24(10-3-20)41-15-1-12-36-13-16-40-17-14-36;1-3-36(4-2)16-5-17-40-24-13-6-20(7-14-24)30-29-26(25-18-21(33)8-15-27(25)35-29)19-28-31(39)37(32(41)38(28)30)23-11-9-22(34)10-12-23/h3-12,19,30,32,37H,2,13-18,20H2,1H3;2-11,18,28,30,35H,1,12-17,19H2;6-15,18,28,30,35H,3-5,16-17,19H2,1-2H3. The minimum atomic E-state index is -0.433. The largest absolute Gasteiger partial charge is 0.494 e. The van der Waals surface area contributed by atoms with Gasteiger partial charge in [0.05, 0.1) is 68.2 Å². The van der Waals surface area contributed by atoms with Crippen molar-refractivity contribution in [3.05, 3.63) is 279 Å². The Kier molecular flexibility index (Phi) is 27.2. The molecule has 128 heavy (non-hydrogen) atoms. The van der Waals surface area contributed by atoms with Gasteiger partial charge in [-0.15, -0.1) is 0 Å². The Hall–Kier alpha value is -9.30. The van der Waals surface area contributed by atoms with Gasteiger partial charge in [-0.2, -0.15) is 0 Å². The second-order valence-electron chi connectivity index (χ2n) is 33.2. The maximum absolute atomic E-state index is 14.0. The van der Waals surface area contributed by atoms with E-state index in [1.54, 1.807) is 58.0 Å². The Morgan fingerprint density at radius 2 is 0.742 bits per heavy atom. The molecule has 0 aliphatic carbocycles. The fourth-order valence-corrected chi connectivity index (χ4v) is 21.9. The third kappa shape index (κ3) is 18.2. The van der Waals surface area contributed by atoms with Gasteiger partial charge in [-0.1, -0.05) is 133 Å². The number of rotatable bonds is 23. The van der Waals surface area contributed by atoms with Gasteiger partial charge in [0.2, 0.25) is 5.91 Å². The molecule has 30 heteroatoms. The molecule has 5 saturated heterocycles. The van der Waals surface area contributed by atoms with Crippen molar-refractivity contribution in [3.8, 4) is 17.2 Å². The lowest BCUT2D eigenvalue weighted by molar-refractivity contribution is -0.130. The molecule has 0 spiro atoms. The van der Waals surface area contributed by atoms with Crippen LogP contribution in [-0.2, 0) is 43.2 Å². The van der Waals surface area contributed by atoms with E-state index in [-0.39, 0.29) is 41.8 Å².